The van der Waals surface area contributed by atoms with Gasteiger partial charge in [-0.1, -0.05) is 60.6 Å². The Morgan fingerprint density at radius 1 is 1.05 bits per heavy atom. The third kappa shape index (κ3) is 4.35. The van der Waals surface area contributed by atoms with Crippen molar-refractivity contribution < 1.29 is 0 Å². The van der Waals surface area contributed by atoms with Crippen LogP contribution in [-0.4, -0.2) is 0 Å². The summed E-state index contributed by atoms with van der Waals surface area (Å²) >= 11 is 5.29. The quantitative estimate of drug-likeness (QED) is 0.732. The summed E-state index contributed by atoms with van der Waals surface area (Å²) in [5.74, 6) is 0. The molecule has 112 valence electrons. The van der Waals surface area contributed by atoms with Gasteiger partial charge in [0.05, 0.1) is 0 Å². The van der Waals surface area contributed by atoms with Gasteiger partial charge in [-0.2, -0.15) is 0 Å². The average Bonchev–Trinajstić information content (AvgIpc) is 2.40. The Balaban J connectivity index is 2.26. The Morgan fingerprint density at radius 2 is 1.67 bits per heavy atom. The molecule has 1 nitrogen and oxygen atoms in total. The summed E-state index contributed by atoms with van der Waals surface area (Å²) in [4.78, 5) is 2.46. The van der Waals surface area contributed by atoms with Gasteiger partial charge in [-0.15, -0.1) is 0 Å². The summed E-state index contributed by atoms with van der Waals surface area (Å²) in [6, 6.07) is 15.1. The molecule has 2 aromatic rings. The topological polar surface area (TPSA) is 26.0 Å². The lowest BCUT2D eigenvalue weighted by molar-refractivity contribution is 0.590. The van der Waals surface area contributed by atoms with Crippen LogP contribution in [0.1, 0.15) is 44.9 Å². The molecule has 1 atom stereocenters. The molecule has 0 saturated carbocycles. The van der Waals surface area contributed by atoms with Gasteiger partial charge in [-0.25, -0.2) is 0 Å². The van der Waals surface area contributed by atoms with E-state index in [1.807, 2.05) is 6.92 Å². The van der Waals surface area contributed by atoms with E-state index < -0.39 is 0 Å². The van der Waals surface area contributed by atoms with Gasteiger partial charge in [0.1, 0.15) is 0 Å². The fourth-order valence-electron chi connectivity index (χ4n) is 2.12. The number of nitrogens with two attached hydrogens (primary N) is 1. The third-order valence-electron chi connectivity index (χ3n) is 3.41. The predicted octanol–water partition coefficient (Wildman–Crippen LogP) is 5.92. The molecule has 2 rings (SSSR count). The maximum absolute atomic E-state index is 6.08. The second kappa shape index (κ2) is 6.55. The number of benzene rings is 2. The minimum Gasteiger partial charge on any atom is -0.324 e. The molecule has 0 amide bonds. The van der Waals surface area contributed by atoms with Crippen molar-refractivity contribution in [2.75, 3.05) is 0 Å². The summed E-state index contributed by atoms with van der Waals surface area (Å²) in [6.07, 6.45) is 0. The van der Waals surface area contributed by atoms with Gasteiger partial charge in [0.2, 0.25) is 0 Å². The van der Waals surface area contributed by atoms with Crippen LogP contribution in [0.25, 0.3) is 0 Å². The minimum atomic E-state index is 0.0267. The molecule has 0 aliphatic heterocycles. The molecule has 0 aliphatic rings. The first-order valence-corrected chi connectivity index (χ1v) is 8.72. The fraction of sp³-hybridized carbons (Fsp3) is 0.333. The van der Waals surface area contributed by atoms with E-state index >= 15 is 0 Å². The van der Waals surface area contributed by atoms with Crippen molar-refractivity contribution in [3.8, 4) is 0 Å². The van der Waals surface area contributed by atoms with E-state index in [0.717, 1.165) is 4.47 Å². The minimum absolute atomic E-state index is 0.0267. The SMILES string of the molecule is CC(N)c1cc(Br)ccc1Sc1ccc(C(C)(C)C)cc1. The highest BCUT2D eigenvalue weighted by molar-refractivity contribution is 9.10. The first-order chi connectivity index (χ1) is 9.77. The molecule has 0 aliphatic carbocycles. The number of rotatable bonds is 3. The Bertz CT molecular complexity index is 612. The molecule has 0 aromatic heterocycles. The second-order valence-electron chi connectivity index (χ2n) is 6.35. The smallest absolute Gasteiger partial charge is 0.0277 e. The Morgan fingerprint density at radius 3 is 2.19 bits per heavy atom. The van der Waals surface area contributed by atoms with Crippen LogP contribution in [0.5, 0.6) is 0 Å². The lowest BCUT2D eigenvalue weighted by Crippen LogP contribution is -2.10. The van der Waals surface area contributed by atoms with E-state index in [0.29, 0.717) is 0 Å². The normalized spacial score (nSPS) is 13.2. The Hall–Kier alpha value is -0.770. The highest BCUT2D eigenvalue weighted by atomic mass is 79.9. The maximum Gasteiger partial charge on any atom is 0.0277 e. The molecule has 1 unspecified atom stereocenters. The Labute approximate surface area is 140 Å². The lowest BCUT2D eigenvalue weighted by atomic mass is 9.87. The molecule has 0 fully saturated rings. The summed E-state index contributed by atoms with van der Waals surface area (Å²) < 4.78 is 1.07. The van der Waals surface area contributed by atoms with Crippen LogP contribution < -0.4 is 5.73 Å². The highest BCUT2D eigenvalue weighted by Crippen LogP contribution is 2.35. The molecule has 0 saturated heterocycles. The first-order valence-electron chi connectivity index (χ1n) is 7.11. The number of hydrogen-bond donors (Lipinski definition) is 1. The van der Waals surface area contributed by atoms with Crippen LogP contribution in [0.2, 0.25) is 0 Å². The second-order valence-corrected chi connectivity index (χ2v) is 8.38. The lowest BCUT2D eigenvalue weighted by Gasteiger charge is -2.19. The van der Waals surface area contributed by atoms with Gasteiger partial charge in [0.25, 0.3) is 0 Å². The Kier molecular flexibility index (Phi) is 5.18. The van der Waals surface area contributed by atoms with Crippen LogP contribution >= 0.6 is 27.7 Å². The zero-order valence-corrected chi connectivity index (χ0v) is 15.4. The molecule has 21 heavy (non-hydrogen) atoms. The van der Waals surface area contributed by atoms with E-state index in [1.165, 1.54) is 20.9 Å². The van der Waals surface area contributed by atoms with Crippen molar-refractivity contribution in [1.29, 1.82) is 0 Å². The fourth-order valence-corrected chi connectivity index (χ4v) is 3.52. The van der Waals surface area contributed by atoms with Crippen molar-refractivity contribution in [2.24, 2.45) is 5.73 Å². The number of halogens is 1. The van der Waals surface area contributed by atoms with Crippen LogP contribution in [0, 0.1) is 0 Å². The molecule has 0 spiro atoms. The van der Waals surface area contributed by atoms with Crippen molar-refractivity contribution in [2.45, 2.75) is 48.9 Å². The summed E-state index contributed by atoms with van der Waals surface area (Å²) in [5, 5.41) is 0. The van der Waals surface area contributed by atoms with E-state index in [2.05, 4.69) is 79.2 Å². The number of hydrogen-bond acceptors (Lipinski definition) is 2. The van der Waals surface area contributed by atoms with Crippen LogP contribution in [0.3, 0.4) is 0 Å². The molecular weight excluding hydrogens is 342 g/mol. The van der Waals surface area contributed by atoms with Crippen molar-refractivity contribution >= 4 is 27.7 Å². The predicted molar refractivity (Wildman–Crippen MR) is 96.0 cm³/mol. The van der Waals surface area contributed by atoms with Crippen LogP contribution in [0.4, 0.5) is 0 Å². The molecule has 2 N–H and O–H groups in total. The van der Waals surface area contributed by atoms with Crippen molar-refractivity contribution in [3.63, 3.8) is 0 Å². The molecule has 0 radical (unpaired) electrons. The van der Waals surface area contributed by atoms with Crippen molar-refractivity contribution in [1.82, 2.24) is 0 Å². The zero-order chi connectivity index (χ0) is 15.6. The van der Waals surface area contributed by atoms with Gasteiger partial charge in [0.15, 0.2) is 0 Å². The maximum atomic E-state index is 6.08. The molecule has 0 heterocycles. The summed E-state index contributed by atoms with van der Waals surface area (Å²) in [6.45, 7) is 8.72. The van der Waals surface area contributed by atoms with Gasteiger partial charge >= 0.3 is 0 Å². The van der Waals surface area contributed by atoms with Gasteiger partial charge < -0.3 is 5.73 Å². The van der Waals surface area contributed by atoms with E-state index in [9.17, 15) is 0 Å². The van der Waals surface area contributed by atoms with Crippen molar-refractivity contribution in [3.05, 3.63) is 58.1 Å². The van der Waals surface area contributed by atoms with E-state index in [1.54, 1.807) is 11.8 Å². The average molecular weight is 364 g/mol. The zero-order valence-electron chi connectivity index (χ0n) is 13.0. The van der Waals surface area contributed by atoms with E-state index in [4.69, 9.17) is 5.73 Å². The standard InChI is InChI=1S/C18H22BrNS/c1-12(20)16-11-14(19)7-10-17(16)21-15-8-5-13(6-9-15)18(2,3)4/h5-12H,20H2,1-4H3. The molecule has 0 bridgehead atoms. The van der Waals surface area contributed by atoms with Crippen LogP contribution in [0.15, 0.2) is 56.7 Å². The van der Waals surface area contributed by atoms with Gasteiger partial charge in [-0.3, -0.25) is 0 Å². The summed E-state index contributed by atoms with van der Waals surface area (Å²) in [7, 11) is 0. The van der Waals surface area contributed by atoms with E-state index in [-0.39, 0.29) is 11.5 Å². The van der Waals surface area contributed by atoms with Crippen LogP contribution in [-0.2, 0) is 5.41 Å². The summed E-state index contributed by atoms with van der Waals surface area (Å²) in [5.41, 5.74) is 8.81. The molecule has 3 heteroatoms. The molecular formula is C18H22BrNS. The monoisotopic (exact) mass is 363 g/mol. The largest absolute Gasteiger partial charge is 0.324 e. The van der Waals surface area contributed by atoms with Gasteiger partial charge in [-0.05, 0) is 53.8 Å². The highest BCUT2D eigenvalue weighted by Gasteiger charge is 2.14. The third-order valence-corrected chi connectivity index (χ3v) is 5.00. The molecule has 2 aromatic carbocycles. The van der Waals surface area contributed by atoms with Gasteiger partial charge in [0, 0.05) is 20.3 Å². The first kappa shape index (κ1) is 16.6.